The number of Topliss-reactive ketones (excluding diaryl/α,β-unsaturated/α-hetero) is 1. The Morgan fingerprint density at radius 2 is 1.73 bits per heavy atom. The van der Waals surface area contributed by atoms with Crippen molar-refractivity contribution in [2.75, 3.05) is 19.6 Å². The van der Waals surface area contributed by atoms with Crippen molar-refractivity contribution in [3.63, 3.8) is 0 Å². The number of amides is 3. The van der Waals surface area contributed by atoms with Gasteiger partial charge < -0.3 is 19.5 Å². The van der Waals surface area contributed by atoms with Gasteiger partial charge in [0.2, 0.25) is 17.7 Å². The minimum atomic E-state index is -0.870. The summed E-state index contributed by atoms with van der Waals surface area (Å²) in [6.45, 7) is 6.08. The fraction of sp³-hybridized carbons (Fsp3) is 0.268. The number of benzene rings is 3. The van der Waals surface area contributed by atoms with Crippen LogP contribution in [0.5, 0.6) is 5.75 Å². The highest BCUT2D eigenvalue weighted by atomic mass is 32.1. The largest absolute Gasteiger partial charge is 0.508 e. The van der Waals surface area contributed by atoms with Crippen molar-refractivity contribution >= 4 is 45.7 Å². The molecule has 52 heavy (non-hydrogen) atoms. The number of hydrogen-bond acceptors (Lipinski definition) is 7. The van der Waals surface area contributed by atoms with E-state index in [1.54, 1.807) is 57.1 Å². The molecule has 2 aliphatic rings. The zero-order valence-corrected chi connectivity index (χ0v) is 30.1. The molecule has 2 atom stereocenters. The Labute approximate surface area is 306 Å². The Hall–Kier alpha value is -5.52. The maximum Gasteiger partial charge on any atom is 0.246 e. The molecule has 2 aromatic heterocycles. The Bertz CT molecular complexity index is 2160. The van der Waals surface area contributed by atoms with Gasteiger partial charge in [-0.2, -0.15) is 0 Å². The van der Waals surface area contributed by atoms with Crippen LogP contribution in [-0.2, 0) is 40.8 Å². The Morgan fingerprint density at radius 1 is 0.962 bits per heavy atom. The molecule has 3 aromatic carbocycles. The highest BCUT2D eigenvalue weighted by Gasteiger charge is 2.51. The molecule has 0 spiro atoms. The normalized spacial score (nSPS) is 17.8. The van der Waals surface area contributed by atoms with Crippen molar-refractivity contribution in [2.24, 2.45) is 7.05 Å². The smallest absolute Gasteiger partial charge is 0.246 e. The van der Waals surface area contributed by atoms with Crippen LogP contribution in [0.15, 0.2) is 104 Å². The van der Waals surface area contributed by atoms with E-state index < -0.39 is 12.2 Å². The number of phenolic OH excluding ortho intramolecular Hbond substituents is 1. The van der Waals surface area contributed by atoms with Gasteiger partial charge in [-0.25, -0.2) is 10.0 Å². The number of aryl methyl sites for hydroxylation is 2. The predicted octanol–water partition coefficient (Wildman–Crippen LogP) is 5.80. The lowest BCUT2D eigenvalue weighted by Crippen LogP contribution is -2.75. The summed E-state index contributed by atoms with van der Waals surface area (Å²) < 4.78 is 2.05. The molecule has 5 aromatic rings. The molecule has 2 aliphatic heterocycles. The van der Waals surface area contributed by atoms with E-state index in [1.807, 2.05) is 61.6 Å². The average Bonchev–Trinajstić information content (AvgIpc) is 3.76. The molecular weight excluding hydrogens is 675 g/mol. The zero-order valence-electron chi connectivity index (χ0n) is 29.3. The summed E-state index contributed by atoms with van der Waals surface area (Å²) in [5.41, 5.74) is 4.72. The van der Waals surface area contributed by atoms with Crippen molar-refractivity contribution in [3.8, 4) is 16.2 Å². The summed E-state index contributed by atoms with van der Waals surface area (Å²) in [6, 6.07) is 25.5. The van der Waals surface area contributed by atoms with E-state index in [0.717, 1.165) is 38.0 Å². The average molecular weight is 716 g/mol. The second-order valence-corrected chi connectivity index (χ2v) is 14.5. The summed E-state index contributed by atoms with van der Waals surface area (Å²) in [6.07, 6.45) is 3.99. The van der Waals surface area contributed by atoms with Crippen molar-refractivity contribution in [2.45, 2.75) is 44.9 Å². The van der Waals surface area contributed by atoms with Gasteiger partial charge in [-0.05, 0) is 54.3 Å². The van der Waals surface area contributed by atoms with Gasteiger partial charge in [-0.1, -0.05) is 66.7 Å². The number of carbonyl (C=O) groups is 4. The molecule has 11 heteroatoms. The molecule has 3 amide bonds. The first-order valence-corrected chi connectivity index (χ1v) is 18.2. The molecule has 0 aliphatic carbocycles. The number of hydrogen-bond donors (Lipinski definition) is 1. The van der Waals surface area contributed by atoms with E-state index in [4.69, 9.17) is 0 Å². The zero-order chi connectivity index (χ0) is 36.5. The van der Waals surface area contributed by atoms with Crippen LogP contribution < -0.4 is 0 Å². The molecule has 1 N–H and O–H groups in total. The van der Waals surface area contributed by atoms with Gasteiger partial charge in [0, 0.05) is 55.0 Å². The van der Waals surface area contributed by atoms with Gasteiger partial charge >= 0.3 is 0 Å². The molecule has 0 unspecified atom stereocenters. The van der Waals surface area contributed by atoms with Crippen molar-refractivity contribution < 1.29 is 24.3 Å². The number of ketones is 1. The predicted molar refractivity (Wildman–Crippen MR) is 201 cm³/mol. The molecule has 2 saturated heterocycles. The van der Waals surface area contributed by atoms with Gasteiger partial charge in [-0.3, -0.25) is 19.2 Å². The molecule has 2 fully saturated rings. The van der Waals surface area contributed by atoms with Gasteiger partial charge in [0.25, 0.3) is 0 Å². The number of piperazine rings is 1. The van der Waals surface area contributed by atoms with E-state index in [1.165, 1.54) is 11.3 Å². The second kappa shape index (κ2) is 14.6. The lowest BCUT2D eigenvalue weighted by Gasteiger charge is -2.55. The number of para-hydroxylation sites is 1. The third kappa shape index (κ3) is 6.77. The SMILES string of the molecule is C=CCN1CC(=O)N2[C@@H](Cc3ccc(O)cc3)C(=O)N(Cc3cccc4c(-c5ccc(C(C)=O)s5)cn(C)c34)C[C@@H]2N1C(=O)CCc1ccccc1. The minimum absolute atomic E-state index is 0.0251. The van der Waals surface area contributed by atoms with Crippen LogP contribution in [0.2, 0.25) is 0 Å². The first kappa shape index (κ1) is 34.9. The van der Waals surface area contributed by atoms with Crippen LogP contribution in [0.3, 0.4) is 0 Å². The van der Waals surface area contributed by atoms with Gasteiger partial charge in [0.1, 0.15) is 18.0 Å². The Balaban J connectivity index is 1.26. The number of nitrogens with zero attached hydrogens (tertiary/aromatic N) is 5. The lowest BCUT2D eigenvalue weighted by atomic mass is 9.97. The number of aromatic hydroxyl groups is 1. The number of aromatic nitrogens is 1. The first-order valence-electron chi connectivity index (χ1n) is 17.4. The molecule has 4 heterocycles. The number of thiophene rings is 1. The molecule has 0 radical (unpaired) electrons. The summed E-state index contributed by atoms with van der Waals surface area (Å²) in [5.74, 6) is -0.441. The van der Waals surface area contributed by atoms with Crippen LogP contribution in [0.1, 0.15) is 39.7 Å². The number of hydrazine groups is 1. The summed E-state index contributed by atoms with van der Waals surface area (Å²) >= 11 is 1.46. The van der Waals surface area contributed by atoms with Crippen LogP contribution in [-0.4, -0.2) is 84.8 Å². The minimum Gasteiger partial charge on any atom is -0.508 e. The van der Waals surface area contributed by atoms with Crippen molar-refractivity contribution in [1.82, 2.24) is 24.4 Å². The highest BCUT2D eigenvalue weighted by molar-refractivity contribution is 7.17. The summed E-state index contributed by atoms with van der Waals surface area (Å²) in [7, 11) is 1.97. The third-order valence-electron chi connectivity index (χ3n) is 9.93. The summed E-state index contributed by atoms with van der Waals surface area (Å²) in [5, 5.41) is 14.4. The maximum atomic E-state index is 14.6. The fourth-order valence-electron chi connectivity index (χ4n) is 7.52. The van der Waals surface area contributed by atoms with Gasteiger partial charge in [-0.15, -0.1) is 17.9 Å². The van der Waals surface area contributed by atoms with Crippen molar-refractivity contribution in [1.29, 1.82) is 0 Å². The molecule has 0 bridgehead atoms. The molecule has 0 saturated carbocycles. The van der Waals surface area contributed by atoms with Crippen molar-refractivity contribution in [3.05, 3.63) is 125 Å². The lowest BCUT2D eigenvalue weighted by molar-refractivity contribution is -0.205. The van der Waals surface area contributed by atoms with Gasteiger partial charge in [0.15, 0.2) is 5.78 Å². The third-order valence-corrected chi connectivity index (χ3v) is 11.1. The fourth-order valence-corrected chi connectivity index (χ4v) is 8.45. The topological polar surface area (TPSA) is 106 Å². The Morgan fingerprint density at radius 3 is 2.44 bits per heavy atom. The molecule has 7 rings (SSSR count). The van der Waals surface area contributed by atoms with Crippen LogP contribution >= 0.6 is 11.3 Å². The van der Waals surface area contributed by atoms with E-state index >= 15 is 0 Å². The maximum absolute atomic E-state index is 14.6. The number of phenols is 1. The van der Waals surface area contributed by atoms with E-state index in [9.17, 15) is 24.3 Å². The van der Waals surface area contributed by atoms with Crippen LogP contribution in [0.4, 0.5) is 0 Å². The second-order valence-electron chi connectivity index (χ2n) is 13.4. The van der Waals surface area contributed by atoms with Crippen LogP contribution in [0.25, 0.3) is 21.3 Å². The van der Waals surface area contributed by atoms with Crippen LogP contribution in [0, 0.1) is 0 Å². The monoisotopic (exact) mass is 715 g/mol. The highest BCUT2D eigenvalue weighted by Crippen LogP contribution is 2.37. The number of rotatable bonds is 11. The van der Waals surface area contributed by atoms with E-state index in [2.05, 4.69) is 23.4 Å². The van der Waals surface area contributed by atoms with Gasteiger partial charge in [0.05, 0.1) is 23.5 Å². The van der Waals surface area contributed by atoms with E-state index in [-0.39, 0.29) is 61.7 Å². The molecule has 10 nitrogen and oxygen atoms in total. The summed E-state index contributed by atoms with van der Waals surface area (Å²) in [4.78, 5) is 60.0. The quantitative estimate of drug-likeness (QED) is 0.137. The molecular formula is C41H41N5O5S. The number of carbonyl (C=O) groups excluding carboxylic acids is 4. The standard InChI is InChI=1S/C41H41N5O5S/c1-4-21-44-26-39(50)45-34(22-29-13-16-31(48)17-14-29)41(51)43(25-37(45)46(44)38(49)20-15-28-9-6-5-7-10-28)23-30-11-8-12-32-33(24-42(3)40(30)32)36-19-18-35(52-36)27(2)47/h4-14,16-19,24,34,37,48H,1,15,20-23,25-26H2,2-3H3/t34-,37-/m0/s1. The molecule has 266 valence electrons. The number of fused-ring (bicyclic) bond motifs is 2. The van der Waals surface area contributed by atoms with E-state index in [0.29, 0.717) is 17.8 Å². The Kier molecular flexibility index (Phi) is 9.81. The first-order chi connectivity index (χ1) is 25.1.